The molecular formula is C22H17ClF2N2O2. The second-order valence-electron chi connectivity index (χ2n) is 6.20. The van der Waals surface area contributed by atoms with Crippen molar-refractivity contribution in [2.75, 3.05) is 18.0 Å². The van der Waals surface area contributed by atoms with E-state index in [1.165, 1.54) is 53.4 Å². The first-order valence-corrected chi connectivity index (χ1v) is 9.18. The van der Waals surface area contributed by atoms with Gasteiger partial charge in [-0.3, -0.25) is 9.59 Å². The van der Waals surface area contributed by atoms with Crippen LogP contribution in [0.4, 0.5) is 14.5 Å². The molecule has 0 radical (unpaired) electrons. The zero-order valence-corrected chi connectivity index (χ0v) is 16.0. The minimum absolute atomic E-state index is 0.146. The van der Waals surface area contributed by atoms with Gasteiger partial charge >= 0.3 is 0 Å². The molecule has 0 aliphatic carbocycles. The van der Waals surface area contributed by atoms with Gasteiger partial charge in [-0.15, -0.1) is 0 Å². The predicted octanol–water partition coefficient (Wildman–Crippen LogP) is 4.70. The smallest absolute Gasteiger partial charge is 0.258 e. The Morgan fingerprint density at radius 1 is 0.793 bits per heavy atom. The predicted molar refractivity (Wildman–Crippen MR) is 108 cm³/mol. The SMILES string of the molecule is O=C(NCCN(C(=O)c1ccc(Cl)cc1)c1ccc(F)cc1)c1ccc(F)cc1. The molecule has 0 saturated heterocycles. The molecule has 0 saturated carbocycles. The summed E-state index contributed by atoms with van der Waals surface area (Å²) in [6.45, 7) is 0.299. The Morgan fingerprint density at radius 2 is 1.31 bits per heavy atom. The number of nitrogens with zero attached hydrogens (tertiary/aromatic N) is 1. The van der Waals surface area contributed by atoms with Gasteiger partial charge in [0.1, 0.15) is 11.6 Å². The Bertz CT molecular complexity index is 991. The first-order valence-electron chi connectivity index (χ1n) is 8.81. The number of carbonyl (C=O) groups is 2. The monoisotopic (exact) mass is 414 g/mol. The summed E-state index contributed by atoms with van der Waals surface area (Å²) in [4.78, 5) is 26.6. The fraction of sp³-hybridized carbons (Fsp3) is 0.0909. The average molecular weight is 415 g/mol. The molecule has 29 heavy (non-hydrogen) atoms. The van der Waals surface area contributed by atoms with Crippen LogP contribution in [0.3, 0.4) is 0 Å². The van der Waals surface area contributed by atoms with E-state index in [1.807, 2.05) is 0 Å². The van der Waals surface area contributed by atoms with Crippen LogP contribution in [-0.4, -0.2) is 24.9 Å². The van der Waals surface area contributed by atoms with Crippen LogP contribution in [0.15, 0.2) is 72.8 Å². The highest BCUT2D eigenvalue weighted by molar-refractivity contribution is 6.30. The van der Waals surface area contributed by atoms with Gasteiger partial charge in [-0.25, -0.2) is 8.78 Å². The minimum atomic E-state index is -0.433. The van der Waals surface area contributed by atoms with E-state index in [-0.39, 0.29) is 24.9 Å². The fourth-order valence-electron chi connectivity index (χ4n) is 2.70. The van der Waals surface area contributed by atoms with E-state index < -0.39 is 11.6 Å². The van der Waals surface area contributed by atoms with Crippen molar-refractivity contribution in [2.24, 2.45) is 0 Å². The molecule has 0 spiro atoms. The largest absolute Gasteiger partial charge is 0.350 e. The molecule has 0 bridgehead atoms. The van der Waals surface area contributed by atoms with Crippen molar-refractivity contribution < 1.29 is 18.4 Å². The van der Waals surface area contributed by atoms with Gasteiger partial charge in [-0.1, -0.05) is 11.6 Å². The number of anilines is 1. The third kappa shape index (κ3) is 5.39. The molecule has 0 aromatic heterocycles. The lowest BCUT2D eigenvalue weighted by molar-refractivity contribution is 0.0943. The van der Waals surface area contributed by atoms with Crippen LogP contribution in [0.5, 0.6) is 0 Å². The van der Waals surface area contributed by atoms with Gasteiger partial charge in [0.15, 0.2) is 0 Å². The highest BCUT2D eigenvalue weighted by atomic mass is 35.5. The molecule has 0 heterocycles. The highest BCUT2D eigenvalue weighted by Crippen LogP contribution is 2.19. The average Bonchev–Trinajstić information content (AvgIpc) is 2.72. The summed E-state index contributed by atoms with van der Waals surface area (Å²) in [6, 6.07) is 17.0. The third-order valence-corrected chi connectivity index (χ3v) is 4.45. The molecule has 1 N–H and O–H groups in total. The van der Waals surface area contributed by atoms with Gasteiger partial charge in [-0.2, -0.15) is 0 Å². The number of carbonyl (C=O) groups excluding carboxylic acids is 2. The normalized spacial score (nSPS) is 10.4. The second-order valence-corrected chi connectivity index (χ2v) is 6.64. The van der Waals surface area contributed by atoms with Crippen LogP contribution in [0.1, 0.15) is 20.7 Å². The molecule has 3 aromatic rings. The molecule has 3 aromatic carbocycles. The summed E-state index contributed by atoms with van der Waals surface area (Å²) in [6.07, 6.45) is 0. The second kappa shape index (κ2) is 9.30. The Morgan fingerprint density at radius 3 is 1.90 bits per heavy atom. The summed E-state index contributed by atoms with van der Waals surface area (Å²) >= 11 is 5.88. The van der Waals surface area contributed by atoms with Crippen molar-refractivity contribution in [1.29, 1.82) is 0 Å². The molecule has 0 aliphatic heterocycles. The zero-order chi connectivity index (χ0) is 20.8. The summed E-state index contributed by atoms with van der Waals surface area (Å²) < 4.78 is 26.3. The summed E-state index contributed by atoms with van der Waals surface area (Å²) in [7, 11) is 0. The number of hydrogen-bond acceptors (Lipinski definition) is 2. The summed E-state index contributed by atoms with van der Waals surface area (Å²) in [5.74, 6) is -1.55. The Labute approximate surface area is 171 Å². The van der Waals surface area contributed by atoms with Gasteiger partial charge in [0.25, 0.3) is 11.8 Å². The van der Waals surface area contributed by atoms with E-state index in [9.17, 15) is 18.4 Å². The summed E-state index contributed by atoms with van der Waals surface area (Å²) in [5.41, 5.74) is 1.20. The van der Waals surface area contributed by atoms with Crippen molar-refractivity contribution in [3.8, 4) is 0 Å². The van der Waals surface area contributed by atoms with Crippen LogP contribution in [0.2, 0.25) is 5.02 Å². The van der Waals surface area contributed by atoms with E-state index in [0.29, 0.717) is 21.8 Å². The van der Waals surface area contributed by atoms with Crippen LogP contribution >= 0.6 is 11.6 Å². The van der Waals surface area contributed by atoms with Crippen LogP contribution in [-0.2, 0) is 0 Å². The van der Waals surface area contributed by atoms with Crippen molar-refractivity contribution in [2.45, 2.75) is 0 Å². The van der Waals surface area contributed by atoms with Gasteiger partial charge in [0.2, 0.25) is 0 Å². The molecule has 0 unspecified atom stereocenters. The standard InChI is InChI=1S/C22H17ClF2N2O2/c23-17-5-1-16(2-6-17)22(29)27(20-11-9-19(25)10-12-20)14-13-26-21(28)15-3-7-18(24)8-4-15/h1-12H,13-14H2,(H,26,28). The van der Waals surface area contributed by atoms with E-state index >= 15 is 0 Å². The first kappa shape index (κ1) is 20.5. The molecule has 0 fully saturated rings. The number of halogens is 3. The quantitative estimate of drug-likeness (QED) is 0.636. The van der Waals surface area contributed by atoms with Gasteiger partial charge < -0.3 is 10.2 Å². The molecule has 0 atom stereocenters. The minimum Gasteiger partial charge on any atom is -0.350 e. The van der Waals surface area contributed by atoms with Crippen molar-refractivity contribution in [3.63, 3.8) is 0 Å². The maximum absolute atomic E-state index is 13.3. The molecule has 0 aliphatic rings. The van der Waals surface area contributed by atoms with Crippen LogP contribution < -0.4 is 10.2 Å². The van der Waals surface area contributed by atoms with E-state index in [2.05, 4.69) is 5.32 Å². The Balaban J connectivity index is 1.73. The zero-order valence-electron chi connectivity index (χ0n) is 15.2. The maximum atomic E-state index is 13.3. The van der Waals surface area contributed by atoms with Gasteiger partial charge in [0, 0.05) is 34.9 Å². The molecule has 2 amide bonds. The molecule has 4 nitrogen and oxygen atoms in total. The fourth-order valence-corrected chi connectivity index (χ4v) is 2.83. The van der Waals surface area contributed by atoms with Crippen molar-refractivity contribution >= 4 is 29.1 Å². The molecule has 148 valence electrons. The molecule has 3 rings (SSSR count). The Kier molecular flexibility index (Phi) is 6.57. The van der Waals surface area contributed by atoms with E-state index in [4.69, 9.17) is 11.6 Å². The van der Waals surface area contributed by atoms with Crippen molar-refractivity contribution in [3.05, 3.63) is 101 Å². The first-order chi connectivity index (χ1) is 13.9. The Hall–Kier alpha value is -3.25. The number of hydrogen-bond donors (Lipinski definition) is 1. The van der Waals surface area contributed by atoms with E-state index in [0.717, 1.165) is 0 Å². The van der Waals surface area contributed by atoms with Gasteiger partial charge in [-0.05, 0) is 72.8 Å². The topological polar surface area (TPSA) is 49.4 Å². The molecular weight excluding hydrogens is 398 g/mol. The third-order valence-electron chi connectivity index (χ3n) is 4.20. The number of nitrogens with one attached hydrogen (secondary N) is 1. The number of rotatable bonds is 6. The summed E-state index contributed by atoms with van der Waals surface area (Å²) in [5, 5.41) is 3.20. The van der Waals surface area contributed by atoms with Gasteiger partial charge in [0.05, 0.1) is 0 Å². The lowest BCUT2D eigenvalue weighted by atomic mass is 10.1. The van der Waals surface area contributed by atoms with Crippen LogP contribution in [0.25, 0.3) is 0 Å². The van der Waals surface area contributed by atoms with E-state index in [1.54, 1.807) is 24.3 Å². The molecule has 7 heteroatoms. The lowest BCUT2D eigenvalue weighted by Gasteiger charge is -2.23. The number of benzene rings is 3. The highest BCUT2D eigenvalue weighted by Gasteiger charge is 2.18. The lowest BCUT2D eigenvalue weighted by Crippen LogP contribution is -2.38. The number of amides is 2. The van der Waals surface area contributed by atoms with Crippen LogP contribution in [0, 0.1) is 11.6 Å². The maximum Gasteiger partial charge on any atom is 0.258 e. The van der Waals surface area contributed by atoms with Crippen molar-refractivity contribution in [1.82, 2.24) is 5.32 Å².